The first kappa shape index (κ1) is 20.5. The van der Waals surface area contributed by atoms with Gasteiger partial charge < -0.3 is 19.1 Å². The summed E-state index contributed by atoms with van der Waals surface area (Å²) in [7, 11) is 0. The first-order chi connectivity index (χ1) is 13.8. The minimum Gasteiger partial charge on any atom is -0.549 e. The third-order valence-corrected chi connectivity index (χ3v) is 5.31. The van der Waals surface area contributed by atoms with Crippen LogP contribution >= 0.6 is 0 Å². The summed E-state index contributed by atoms with van der Waals surface area (Å²) in [5.74, 6) is -2.13. The highest BCUT2D eigenvalue weighted by Gasteiger charge is 2.34. The maximum absolute atomic E-state index is 13.1. The molecule has 2 aromatic heterocycles. The number of carbonyl (C=O) groups is 2. The molecule has 1 unspecified atom stereocenters. The molecular formula is C22H22NO6-. The average Bonchev–Trinajstić information content (AvgIpc) is 2.72. The van der Waals surface area contributed by atoms with E-state index in [0.29, 0.717) is 11.0 Å². The molecule has 0 amide bonds. The number of fused-ring (bicyclic) bond motifs is 2. The molecule has 0 saturated heterocycles. The topological polar surface area (TPSA) is 110 Å². The van der Waals surface area contributed by atoms with Gasteiger partial charge in [0.25, 0.3) is 0 Å². The fourth-order valence-corrected chi connectivity index (χ4v) is 3.24. The van der Waals surface area contributed by atoms with E-state index in [4.69, 9.17) is 9.15 Å². The second kappa shape index (κ2) is 7.66. The fourth-order valence-electron chi connectivity index (χ4n) is 3.24. The molecule has 3 aromatic rings. The molecule has 7 nitrogen and oxygen atoms in total. The van der Waals surface area contributed by atoms with Crippen molar-refractivity contribution in [3.8, 4) is 0 Å². The van der Waals surface area contributed by atoms with Crippen LogP contribution in [0.5, 0.6) is 0 Å². The minimum atomic E-state index is -1.56. The van der Waals surface area contributed by atoms with Gasteiger partial charge in [-0.2, -0.15) is 0 Å². The molecule has 7 heteroatoms. The number of benzene rings is 1. The lowest BCUT2D eigenvalue weighted by Crippen LogP contribution is -2.45. The zero-order chi connectivity index (χ0) is 21.3. The number of aryl methyl sites for hydroxylation is 1. The molecule has 0 aliphatic heterocycles. The molecule has 29 heavy (non-hydrogen) atoms. The Morgan fingerprint density at radius 3 is 2.48 bits per heavy atom. The standard InChI is InChI=1S/C22H23NO6/c1-5-12-8-9-16-13(10-12)17(24)14-11-15(20(25)28-7-3)18(23-19(14)29-16)22(4,6-2)21(26)27/h8-11H,5-7H2,1-4H3,(H,26,27)/p-1. The summed E-state index contributed by atoms with van der Waals surface area (Å²) < 4.78 is 10.9. The average molecular weight is 396 g/mol. The van der Waals surface area contributed by atoms with E-state index in [2.05, 4.69) is 4.98 Å². The maximum Gasteiger partial charge on any atom is 0.340 e. The van der Waals surface area contributed by atoms with E-state index >= 15 is 0 Å². The lowest BCUT2D eigenvalue weighted by Gasteiger charge is -2.30. The first-order valence-electron chi connectivity index (χ1n) is 9.56. The van der Waals surface area contributed by atoms with Gasteiger partial charge in [-0.15, -0.1) is 0 Å². The predicted octanol–water partition coefficient (Wildman–Crippen LogP) is 2.50. The molecule has 1 aromatic carbocycles. The highest BCUT2D eigenvalue weighted by atomic mass is 16.5. The SMILES string of the molecule is CCOC(=O)c1cc2c(=O)c3cc(CC)ccc3oc2nc1C(C)(CC)C(=O)[O-]. The predicted molar refractivity (Wildman–Crippen MR) is 106 cm³/mol. The summed E-state index contributed by atoms with van der Waals surface area (Å²) >= 11 is 0. The number of aromatic nitrogens is 1. The zero-order valence-corrected chi connectivity index (χ0v) is 16.8. The number of pyridine rings is 1. The highest BCUT2D eigenvalue weighted by molar-refractivity contribution is 5.98. The molecule has 0 aliphatic carbocycles. The Balaban J connectivity index is 2.43. The summed E-state index contributed by atoms with van der Waals surface area (Å²) in [6.07, 6.45) is 0.872. The molecule has 0 aliphatic rings. The number of carbonyl (C=O) groups excluding carboxylic acids is 2. The highest BCUT2D eigenvalue weighted by Crippen LogP contribution is 2.31. The molecule has 0 saturated carbocycles. The number of hydrogen-bond acceptors (Lipinski definition) is 7. The molecular weight excluding hydrogens is 374 g/mol. The van der Waals surface area contributed by atoms with Gasteiger partial charge in [-0.25, -0.2) is 9.78 Å². The number of hydrogen-bond donors (Lipinski definition) is 0. The van der Waals surface area contributed by atoms with Crippen LogP contribution in [-0.4, -0.2) is 23.5 Å². The molecule has 0 bridgehead atoms. The molecule has 0 spiro atoms. The van der Waals surface area contributed by atoms with Crippen LogP contribution in [0.2, 0.25) is 0 Å². The van der Waals surface area contributed by atoms with Gasteiger partial charge >= 0.3 is 5.97 Å². The normalized spacial score (nSPS) is 13.4. The third kappa shape index (κ3) is 3.37. The molecule has 1 atom stereocenters. The summed E-state index contributed by atoms with van der Waals surface area (Å²) in [5.41, 5.74) is -0.743. The van der Waals surface area contributed by atoms with E-state index in [1.807, 2.05) is 13.0 Å². The molecule has 0 radical (unpaired) electrons. The van der Waals surface area contributed by atoms with Crippen LogP contribution in [0, 0.1) is 0 Å². The van der Waals surface area contributed by atoms with Gasteiger partial charge in [0.1, 0.15) is 5.58 Å². The first-order valence-corrected chi connectivity index (χ1v) is 9.56. The van der Waals surface area contributed by atoms with Crippen LogP contribution in [0.25, 0.3) is 22.1 Å². The molecule has 3 rings (SSSR count). The van der Waals surface area contributed by atoms with E-state index in [0.717, 1.165) is 12.0 Å². The monoisotopic (exact) mass is 396 g/mol. The van der Waals surface area contributed by atoms with E-state index in [-0.39, 0.29) is 40.8 Å². The quantitative estimate of drug-likeness (QED) is 0.465. The number of aliphatic carboxylic acids is 1. The maximum atomic E-state index is 13.1. The van der Waals surface area contributed by atoms with Crippen molar-refractivity contribution >= 4 is 34.0 Å². The van der Waals surface area contributed by atoms with Crippen molar-refractivity contribution in [1.29, 1.82) is 0 Å². The van der Waals surface area contributed by atoms with Crippen molar-refractivity contribution in [2.75, 3.05) is 6.61 Å². The zero-order valence-electron chi connectivity index (χ0n) is 16.8. The van der Waals surface area contributed by atoms with E-state index in [1.165, 1.54) is 13.0 Å². The van der Waals surface area contributed by atoms with Crippen molar-refractivity contribution in [3.63, 3.8) is 0 Å². The van der Waals surface area contributed by atoms with Crippen molar-refractivity contribution in [2.45, 2.75) is 46.0 Å². The Labute approximate surface area is 167 Å². The van der Waals surface area contributed by atoms with Gasteiger partial charge in [-0.05, 0) is 50.5 Å². The Hall–Kier alpha value is -3.22. The van der Waals surface area contributed by atoms with E-state index in [9.17, 15) is 19.5 Å². The number of carboxylic acid groups (broad SMARTS) is 1. The van der Waals surface area contributed by atoms with Gasteiger partial charge in [-0.3, -0.25) is 4.79 Å². The van der Waals surface area contributed by atoms with Gasteiger partial charge in [0.15, 0.2) is 0 Å². The summed E-state index contributed by atoms with van der Waals surface area (Å²) in [6.45, 7) is 6.78. The van der Waals surface area contributed by atoms with Crippen molar-refractivity contribution in [2.24, 2.45) is 0 Å². The fraction of sp³-hybridized carbons (Fsp3) is 0.364. The lowest BCUT2D eigenvalue weighted by molar-refractivity contribution is -0.313. The third-order valence-electron chi connectivity index (χ3n) is 5.31. The van der Waals surface area contributed by atoms with Crippen molar-refractivity contribution < 1.29 is 23.8 Å². The molecule has 0 fully saturated rings. The van der Waals surface area contributed by atoms with Gasteiger partial charge in [0.05, 0.1) is 40.0 Å². The van der Waals surface area contributed by atoms with Gasteiger partial charge in [0.2, 0.25) is 11.1 Å². The van der Waals surface area contributed by atoms with Crippen molar-refractivity contribution in [3.05, 3.63) is 51.3 Å². The summed E-state index contributed by atoms with van der Waals surface area (Å²) in [5, 5.41) is 12.3. The Morgan fingerprint density at radius 1 is 1.17 bits per heavy atom. The Morgan fingerprint density at radius 2 is 1.90 bits per heavy atom. The van der Waals surface area contributed by atoms with Gasteiger partial charge in [-0.1, -0.05) is 19.9 Å². The number of nitrogens with zero attached hydrogens (tertiary/aromatic N) is 1. The Bertz CT molecular complexity index is 1180. The van der Waals surface area contributed by atoms with Crippen LogP contribution in [0.3, 0.4) is 0 Å². The number of carboxylic acids is 1. The van der Waals surface area contributed by atoms with Gasteiger partial charge in [0, 0.05) is 0 Å². The van der Waals surface area contributed by atoms with Crippen LogP contribution in [0.1, 0.15) is 55.7 Å². The summed E-state index contributed by atoms with van der Waals surface area (Å²) in [6, 6.07) is 6.60. The second-order valence-electron chi connectivity index (χ2n) is 7.05. The second-order valence-corrected chi connectivity index (χ2v) is 7.05. The molecule has 152 valence electrons. The smallest absolute Gasteiger partial charge is 0.340 e. The largest absolute Gasteiger partial charge is 0.549 e. The van der Waals surface area contributed by atoms with E-state index in [1.54, 1.807) is 26.0 Å². The number of rotatable bonds is 6. The molecule has 2 heterocycles. The Kier molecular flexibility index (Phi) is 5.42. The van der Waals surface area contributed by atoms with Crippen molar-refractivity contribution in [1.82, 2.24) is 4.98 Å². The minimum absolute atomic E-state index is 0.0317. The van der Waals surface area contributed by atoms with Crippen LogP contribution in [0.15, 0.2) is 33.5 Å². The molecule has 0 N–H and O–H groups in total. The summed E-state index contributed by atoms with van der Waals surface area (Å²) in [4.78, 5) is 41.8. The number of esters is 1. The lowest BCUT2D eigenvalue weighted by atomic mass is 9.81. The van der Waals surface area contributed by atoms with Crippen LogP contribution < -0.4 is 10.5 Å². The number of ether oxygens (including phenoxy) is 1. The van der Waals surface area contributed by atoms with Crippen LogP contribution in [0.4, 0.5) is 0 Å². The van der Waals surface area contributed by atoms with E-state index < -0.39 is 17.4 Å². The van der Waals surface area contributed by atoms with Crippen LogP contribution in [-0.2, 0) is 21.4 Å².